The smallest absolute Gasteiger partial charge is 0.141 e. The van der Waals surface area contributed by atoms with Crippen molar-refractivity contribution in [3.63, 3.8) is 0 Å². The zero-order valence-corrected chi connectivity index (χ0v) is 12.2. The van der Waals surface area contributed by atoms with Crippen LogP contribution in [0.3, 0.4) is 0 Å². The Kier molecular flexibility index (Phi) is 5.19. The number of thioether (sulfide) groups is 1. The number of aliphatic hydroxyl groups excluding tert-OH is 1. The van der Waals surface area contributed by atoms with Crippen LogP contribution in [0.25, 0.3) is 0 Å². The summed E-state index contributed by atoms with van der Waals surface area (Å²) in [5.41, 5.74) is 0.549. The number of nitrogens with zero attached hydrogens (tertiary/aromatic N) is 2. The van der Waals surface area contributed by atoms with Crippen LogP contribution in [-0.4, -0.2) is 45.6 Å². The van der Waals surface area contributed by atoms with E-state index in [1.165, 1.54) is 6.07 Å². The van der Waals surface area contributed by atoms with E-state index in [1.807, 2.05) is 18.7 Å². The zero-order valence-electron chi connectivity index (χ0n) is 11.4. The Bertz CT molecular complexity index is 401. The van der Waals surface area contributed by atoms with Gasteiger partial charge in [0.2, 0.25) is 0 Å². The number of rotatable bonds is 4. The monoisotopic (exact) mass is 284 g/mol. The van der Waals surface area contributed by atoms with Crippen molar-refractivity contribution in [1.82, 2.24) is 9.88 Å². The Morgan fingerprint density at radius 1 is 1.58 bits per heavy atom. The van der Waals surface area contributed by atoms with Crippen molar-refractivity contribution in [2.45, 2.75) is 25.2 Å². The number of hydrogen-bond donors (Lipinski definition) is 1. The predicted molar refractivity (Wildman–Crippen MR) is 76.7 cm³/mol. The van der Waals surface area contributed by atoms with Crippen LogP contribution >= 0.6 is 11.8 Å². The average molecular weight is 284 g/mol. The SMILES string of the molecule is CC1CN(CC(C)C(O)c2ccc(F)cn2)CCS1. The lowest BCUT2D eigenvalue weighted by atomic mass is 10.0. The van der Waals surface area contributed by atoms with Gasteiger partial charge in [-0.1, -0.05) is 13.8 Å². The molecule has 1 N–H and O–H groups in total. The van der Waals surface area contributed by atoms with Gasteiger partial charge in [0, 0.05) is 36.6 Å². The molecule has 3 unspecified atom stereocenters. The molecule has 106 valence electrons. The summed E-state index contributed by atoms with van der Waals surface area (Å²) in [6.07, 6.45) is 0.524. The van der Waals surface area contributed by atoms with Gasteiger partial charge < -0.3 is 10.0 Å². The highest BCUT2D eigenvalue weighted by Gasteiger charge is 2.23. The van der Waals surface area contributed by atoms with Gasteiger partial charge in [-0.05, 0) is 12.1 Å². The van der Waals surface area contributed by atoms with Crippen LogP contribution < -0.4 is 0 Å². The van der Waals surface area contributed by atoms with Crippen LogP contribution in [0.15, 0.2) is 18.3 Å². The van der Waals surface area contributed by atoms with E-state index < -0.39 is 6.10 Å². The summed E-state index contributed by atoms with van der Waals surface area (Å²) < 4.78 is 12.8. The van der Waals surface area contributed by atoms with Crippen LogP contribution in [0.1, 0.15) is 25.6 Å². The normalized spacial score (nSPS) is 24.1. The van der Waals surface area contributed by atoms with E-state index >= 15 is 0 Å². The molecule has 1 fully saturated rings. The highest BCUT2D eigenvalue weighted by atomic mass is 32.2. The molecule has 0 saturated carbocycles. The highest BCUT2D eigenvalue weighted by molar-refractivity contribution is 7.99. The molecule has 0 amide bonds. The molecule has 3 atom stereocenters. The van der Waals surface area contributed by atoms with Crippen molar-refractivity contribution in [2.75, 3.05) is 25.4 Å². The number of aliphatic hydroxyl groups is 1. The van der Waals surface area contributed by atoms with Crippen LogP contribution in [0.4, 0.5) is 4.39 Å². The van der Waals surface area contributed by atoms with Crippen molar-refractivity contribution in [2.24, 2.45) is 5.92 Å². The minimum atomic E-state index is -0.634. The standard InChI is InChI=1S/C14H21FN2OS/c1-10(8-17-5-6-19-11(2)9-17)14(18)13-4-3-12(15)7-16-13/h3-4,7,10-11,14,18H,5-6,8-9H2,1-2H3. The summed E-state index contributed by atoms with van der Waals surface area (Å²) in [4.78, 5) is 6.35. The fourth-order valence-electron chi connectivity index (χ4n) is 2.42. The molecule has 19 heavy (non-hydrogen) atoms. The van der Waals surface area contributed by atoms with Gasteiger partial charge in [0.1, 0.15) is 5.82 Å². The third kappa shape index (κ3) is 4.16. The minimum absolute atomic E-state index is 0.0910. The first kappa shape index (κ1) is 14.8. The number of pyridine rings is 1. The van der Waals surface area contributed by atoms with Crippen molar-refractivity contribution in [3.8, 4) is 0 Å². The van der Waals surface area contributed by atoms with Crippen molar-refractivity contribution in [3.05, 3.63) is 29.8 Å². The van der Waals surface area contributed by atoms with Gasteiger partial charge in [0.05, 0.1) is 18.0 Å². The molecule has 1 aliphatic heterocycles. The Hall–Kier alpha value is -0.650. The Labute approximate surface area is 118 Å². The molecule has 2 heterocycles. The van der Waals surface area contributed by atoms with Gasteiger partial charge >= 0.3 is 0 Å². The molecule has 0 aromatic carbocycles. The lowest BCUT2D eigenvalue weighted by Gasteiger charge is -2.33. The maximum atomic E-state index is 12.8. The Morgan fingerprint density at radius 3 is 3.00 bits per heavy atom. The largest absolute Gasteiger partial charge is 0.386 e. The van der Waals surface area contributed by atoms with Crippen LogP contribution in [0.2, 0.25) is 0 Å². The summed E-state index contributed by atoms with van der Waals surface area (Å²) in [6, 6.07) is 2.91. The van der Waals surface area contributed by atoms with Crippen molar-refractivity contribution < 1.29 is 9.50 Å². The number of hydrogen-bond acceptors (Lipinski definition) is 4. The van der Waals surface area contributed by atoms with Crippen LogP contribution in [-0.2, 0) is 0 Å². The Balaban J connectivity index is 1.91. The molecule has 1 aromatic rings. The van der Waals surface area contributed by atoms with Gasteiger partial charge in [-0.25, -0.2) is 4.39 Å². The second kappa shape index (κ2) is 6.68. The summed E-state index contributed by atoms with van der Waals surface area (Å²) in [5, 5.41) is 10.9. The van der Waals surface area contributed by atoms with Crippen molar-refractivity contribution >= 4 is 11.8 Å². The lowest BCUT2D eigenvalue weighted by Crippen LogP contribution is -2.40. The first-order valence-corrected chi connectivity index (χ1v) is 7.74. The fourth-order valence-corrected chi connectivity index (χ4v) is 3.50. The first-order chi connectivity index (χ1) is 9.06. The molecule has 2 rings (SSSR count). The molecule has 1 aromatic heterocycles. The summed E-state index contributed by atoms with van der Waals surface area (Å²) in [7, 11) is 0. The van der Waals surface area contributed by atoms with Gasteiger partial charge in [0.15, 0.2) is 0 Å². The van der Waals surface area contributed by atoms with Crippen LogP contribution in [0, 0.1) is 11.7 Å². The van der Waals surface area contributed by atoms with Gasteiger partial charge in [0.25, 0.3) is 0 Å². The molecule has 0 radical (unpaired) electrons. The maximum absolute atomic E-state index is 12.8. The molecule has 1 aliphatic rings. The van der Waals surface area contributed by atoms with E-state index in [0.717, 1.165) is 31.6 Å². The van der Waals surface area contributed by atoms with Gasteiger partial charge in [-0.3, -0.25) is 4.98 Å². The van der Waals surface area contributed by atoms with E-state index in [0.29, 0.717) is 10.9 Å². The second-order valence-electron chi connectivity index (χ2n) is 5.26. The quantitative estimate of drug-likeness (QED) is 0.920. The van der Waals surface area contributed by atoms with E-state index in [2.05, 4.69) is 16.8 Å². The molecule has 0 bridgehead atoms. The number of aromatic nitrogens is 1. The second-order valence-corrected chi connectivity index (χ2v) is 6.81. The van der Waals surface area contributed by atoms with Crippen LogP contribution in [0.5, 0.6) is 0 Å². The molecule has 0 spiro atoms. The summed E-state index contributed by atoms with van der Waals surface area (Å²) in [6.45, 7) is 7.24. The third-order valence-corrected chi connectivity index (χ3v) is 4.60. The van der Waals surface area contributed by atoms with Gasteiger partial charge in [-0.2, -0.15) is 11.8 Å². The fraction of sp³-hybridized carbons (Fsp3) is 0.643. The van der Waals surface area contributed by atoms with E-state index in [1.54, 1.807) is 6.07 Å². The molecule has 3 nitrogen and oxygen atoms in total. The molecule has 5 heteroatoms. The molecular weight excluding hydrogens is 263 g/mol. The van der Waals surface area contributed by atoms with Gasteiger partial charge in [-0.15, -0.1) is 0 Å². The first-order valence-electron chi connectivity index (χ1n) is 6.69. The molecule has 1 saturated heterocycles. The predicted octanol–water partition coefficient (Wildman–Crippen LogP) is 2.33. The zero-order chi connectivity index (χ0) is 13.8. The lowest BCUT2D eigenvalue weighted by molar-refractivity contribution is 0.0858. The van der Waals surface area contributed by atoms with E-state index in [-0.39, 0.29) is 11.7 Å². The van der Waals surface area contributed by atoms with E-state index in [4.69, 9.17) is 0 Å². The van der Waals surface area contributed by atoms with Crippen molar-refractivity contribution in [1.29, 1.82) is 0 Å². The van der Waals surface area contributed by atoms with E-state index in [9.17, 15) is 9.50 Å². The Morgan fingerprint density at radius 2 is 2.37 bits per heavy atom. The topological polar surface area (TPSA) is 36.4 Å². The minimum Gasteiger partial charge on any atom is -0.386 e. The third-order valence-electron chi connectivity index (χ3n) is 3.46. The highest BCUT2D eigenvalue weighted by Crippen LogP contribution is 2.24. The number of halogens is 1. The maximum Gasteiger partial charge on any atom is 0.141 e. The summed E-state index contributed by atoms with van der Waals surface area (Å²) >= 11 is 2.00. The molecule has 0 aliphatic carbocycles. The average Bonchev–Trinajstić information content (AvgIpc) is 2.39. The molecular formula is C14H21FN2OS. The summed E-state index contributed by atoms with van der Waals surface area (Å²) in [5.74, 6) is 0.873.